The van der Waals surface area contributed by atoms with E-state index in [-0.39, 0.29) is 23.3 Å². The Morgan fingerprint density at radius 3 is 1.50 bits per heavy atom. The first-order valence-corrected chi connectivity index (χ1v) is 27.2. The lowest BCUT2D eigenvalue weighted by Crippen LogP contribution is -2.34. The first kappa shape index (κ1) is 47.6. The standard InChI is InChI=1S/C52H59N3O4S5/c1-6-11-14-15-18-36-19-21-38(60-36)40-23-24-42(62-40)43-26-28-45(64-43)49-47-46(50(56)55(49)32-34(10-5)17-13-8-3)48(54(51(47)57)31-33(9-4)16-12-7-2)44-27-25-41(63-44)39-22-20-37(61-39)29-35(30-53)52(58)59/h19-29,33-34H,6-18,31-32H2,1-5H3,(H,58,59)/b35-29+. The Morgan fingerprint density at radius 2 is 1.03 bits per heavy atom. The molecule has 336 valence electrons. The van der Waals surface area contributed by atoms with Gasteiger partial charge in [-0.15, -0.1) is 56.7 Å². The molecule has 64 heavy (non-hydrogen) atoms. The summed E-state index contributed by atoms with van der Waals surface area (Å²) in [4.78, 5) is 56.6. The van der Waals surface area contributed by atoms with Gasteiger partial charge in [0, 0.05) is 52.1 Å². The summed E-state index contributed by atoms with van der Waals surface area (Å²) in [6.45, 7) is 12.1. The van der Waals surface area contributed by atoms with Crippen LogP contribution in [-0.4, -0.2) is 45.8 Å². The average Bonchev–Trinajstić information content (AvgIpc) is 4.16. The number of nitriles is 1. The lowest BCUT2D eigenvalue weighted by molar-refractivity contribution is -0.132. The summed E-state index contributed by atoms with van der Waals surface area (Å²) in [6, 6.07) is 22.9. The van der Waals surface area contributed by atoms with Crippen molar-refractivity contribution in [3.63, 3.8) is 0 Å². The van der Waals surface area contributed by atoms with Gasteiger partial charge in [0.15, 0.2) is 0 Å². The fraction of sp³-hybridized carbons (Fsp3) is 0.423. The summed E-state index contributed by atoms with van der Waals surface area (Å²) in [7, 11) is 0. The number of aliphatic carboxylic acids is 1. The van der Waals surface area contributed by atoms with Crippen LogP contribution in [0.25, 0.3) is 46.7 Å². The number of hydrogen-bond acceptors (Lipinski definition) is 9. The molecule has 0 spiro atoms. The summed E-state index contributed by atoms with van der Waals surface area (Å²) in [5, 5.41) is 18.8. The van der Waals surface area contributed by atoms with Crippen LogP contribution in [0.4, 0.5) is 0 Å². The molecule has 12 heteroatoms. The third-order valence-corrected chi connectivity index (χ3v) is 18.4. The maximum absolute atomic E-state index is 15.3. The van der Waals surface area contributed by atoms with E-state index in [1.165, 1.54) is 62.6 Å². The Balaban J connectivity index is 1.30. The summed E-state index contributed by atoms with van der Waals surface area (Å²) in [6.07, 6.45) is 15.8. The minimum absolute atomic E-state index is 0.0971. The highest BCUT2D eigenvalue weighted by Gasteiger charge is 2.50. The zero-order valence-corrected chi connectivity index (χ0v) is 41.7. The highest BCUT2D eigenvalue weighted by atomic mass is 32.1. The van der Waals surface area contributed by atoms with Crippen molar-refractivity contribution >= 4 is 91.9 Å². The molecular formula is C52H59N3O4S5. The van der Waals surface area contributed by atoms with E-state index in [0.717, 1.165) is 87.9 Å². The minimum Gasteiger partial charge on any atom is -0.477 e. The van der Waals surface area contributed by atoms with Gasteiger partial charge in [0.05, 0.1) is 32.3 Å². The molecule has 2 amide bonds. The number of carbonyl (C=O) groups is 3. The van der Waals surface area contributed by atoms with Crippen molar-refractivity contribution in [1.82, 2.24) is 9.80 Å². The van der Waals surface area contributed by atoms with E-state index in [9.17, 15) is 15.2 Å². The smallest absolute Gasteiger partial charge is 0.346 e. The van der Waals surface area contributed by atoms with Gasteiger partial charge in [0.2, 0.25) is 0 Å². The van der Waals surface area contributed by atoms with E-state index in [0.29, 0.717) is 40.7 Å². The maximum Gasteiger partial charge on any atom is 0.346 e. The molecule has 5 aromatic rings. The number of unbranched alkanes of at least 4 members (excludes halogenated alkanes) is 5. The third kappa shape index (κ3) is 10.5. The van der Waals surface area contributed by atoms with Crippen molar-refractivity contribution in [2.45, 2.75) is 118 Å². The molecule has 2 aliphatic heterocycles. The van der Waals surface area contributed by atoms with E-state index < -0.39 is 5.97 Å². The molecule has 0 aromatic carbocycles. The summed E-state index contributed by atoms with van der Waals surface area (Å²) >= 11 is 8.33. The van der Waals surface area contributed by atoms with Crippen LogP contribution in [0.2, 0.25) is 0 Å². The monoisotopic (exact) mass is 949 g/mol. The number of carbonyl (C=O) groups excluding carboxylic acids is 2. The Hall–Kier alpha value is -4.38. The van der Waals surface area contributed by atoms with Crippen molar-refractivity contribution in [2.75, 3.05) is 13.1 Å². The van der Waals surface area contributed by atoms with Crippen LogP contribution in [0.5, 0.6) is 0 Å². The molecule has 0 saturated heterocycles. The summed E-state index contributed by atoms with van der Waals surface area (Å²) < 4.78 is 0. The molecule has 5 aromatic heterocycles. The van der Waals surface area contributed by atoms with Crippen molar-refractivity contribution in [1.29, 1.82) is 5.26 Å². The number of amides is 2. The van der Waals surface area contributed by atoms with Gasteiger partial charge in [-0.05, 0) is 104 Å². The van der Waals surface area contributed by atoms with Crippen LogP contribution >= 0.6 is 56.7 Å². The van der Waals surface area contributed by atoms with Crippen LogP contribution in [0.1, 0.15) is 131 Å². The fourth-order valence-corrected chi connectivity index (χ4v) is 14.0. The lowest BCUT2D eigenvalue weighted by atomic mass is 9.98. The second-order valence-electron chi connectivity index (χ2n) is 16.9. The van der Waals surface area contributed by atoms with Crippen LogP contribution in [-0.2, 0) is 20.8 Å². The molecule has 0 bridgehead atoms. The number of nitrogens with zero attached hydrogens (tertiary/aromatic N) is 3. The molecular weight excluding hydrogens is 891 g/mol. The van der Waals surface area contributed by atoms with Crippen LogP contribution < -0.4 is 0 Å². The lowest BCUT2D eigenvalue weighted by Gasteiger charge is -2.29. The van der Waals surface area contributed by atoms with Gasteiger partial charge < -0.3 is 14.9 Å². The van der Waals surface area contributed by atoms with Crippen LogP contribution in [0.3, 0.4) is 0 Å². The van der Waals surface area contributed by atoms with Gasteiger partial charge in [-0.2, -0.15) is 5.26 Å². The Labute approximate surface area is 399 Å². The molecule has 7 rings (SSSR count). The second kappa shape index (κ2) is 22.2. The summed E-state index contributed by atoms with van der Waals surface area (Å²) in [5.41, 5.74) is 2.16. The largest absolute Gasteiger partial charge is 0.477 e. The number of carboxylic acid groups (broad SMARTS) is 1. The van der Waals surface area contributed by atoms with E-state index >= 15 is 9.59 Å². The zero-order chi connectivity index (χ0) is 45.3. The van der Waals surface area contributed by atoms with Gasteiger partial charge in [-0.3, -0.25) is 9.59 Å². The molecule has 0 fully saturated rings. The van der Waals surface area contributed by atoms with Crippen molar-refractivity contribution in [2.24, 2.45) is 11.8 Å². The molecule has 7 nitrogen and oxygen atoms in total. The topological polar surface area (TPSA) is 102 Å². The number of fused-ring (bicyclic) bond motifs is 1. The van der Waals surface area contributed by atoms with Crippen molar-refractivity contribution in [3.05, 3.63) is 96.9 Å². The SMILES string of the molecule is CCCCCCc1ccc(-c2ccc(-c3ccc(C4=C5C(=O)N(CC(CC)CCCC)C(c6ccc(-c7ccc(/C=C(\C#N)C(=O)O)s7)s6)=C5C(=O)N4CC(CC)CCCC)s3)s2)s1. The first-order valence-electron chi connectivity index (χ1n) is 23.1. The van der Waals surface area contributed by atoms with Gasteiger partial charge in [-0.1, -0.05) is 92.4 Å². The molecule has 0 aliphatic carbocycles. The van der Waals surface area contributed by atoms with Crippen molar-refractivity contribution in [3.8, 4) is 35.3 Å². The second-order valence-corrected chi connectivity index (χ2v) is 22.4. The summed E-state index contributed by atoms with van der Waals surface area (Å²) in [5.74, 6) is -0.875. The normalized spacial score (nSPS) is 15.2. The third-order valence-electron chi connectivity index (χ3n) is 12.4. The van der Waals surface area contributed by atoms with Gasteiger partial charge >= 0.3 is 5.97 Å². The Morgan fingerprint density at radius 1 is 0.594 bits per heavy atom. The fourth-order valence-electron chi connectivity index (χ4n) is 8.62. The van der Waals surface area contributed by atoms with Crippen molar-refractivity contribution < 1.29 is 19.5 Å². The highest BCUT2D eigenvalue weighted by molar-refractivity contribution is 7.26. The van der Waals surface area contributed by atoms with Gasteiger partial charge in [0.25, 0.3) is 11.8 Å². The van der Waals surface area contributed by atoms with Gasteiger partial charge in [-0.25, -0.2) is 4.79 Å². The quantitative estimate of drug-likeness (QED) is 0.0377. The molecule has 2 unspecified atom stereocenters. The number of thiophene rings is 5. The predicted octanol–water partition coefficient (Wildman–Crippen LogP) is 15.3. The molecule has 7 heterocycles. The van der Waals surface area contributed by atoms with E-state index in [1.54, 1.807) is 40.1 Å². The maximum atomic E-state index is 15.3. The van der Waals surface area contributed by atoms with Crippen LogP contribution in [0.15, 0.2) is 77.4 Å². The first-order chi connectivity index (χ1) is 31.1. The molecule has 2 atom stereocenters. The number of rotatable bonds is 24. The predicted molar refractivity (Wildman–Crippen MR) is 272 cm³/mol. The zero-order valence-electron chi connectivity index (χ0n) is 37.7. The van der Waals surface area contributed by atoms with Crippen LogP contribution in [0, 0.1) is 23.2 Å². The molecule has 0 saturated carbocycles. The number of carboxylic acids is 1. The molecule has 0 radical (unpaired) electrons. The molecule has 2 aliphatic rings. The Bertz CT molecular complexity index is 2590. The minimum atomic E-state index is -1.26. The number of aryl methyl sites for hydroxylation is 1. The van der Waals surface area contributed by atoms with Gasteiger partial charge in [0.1, 0.15) is 11.6 Å². The highest BCUT2D eigenvalue weighted by Crippen LogP contribution is 2.51. The number of hydrogen-bond donors (Lipinski definition) is 1. The Kier molecular flexibility index (Phi) is 16.5. The van der Waals surface area contributed by atoms with E-state index in [4.69, 9.17) is 0 Å². The molecule has 1 N–H and O–H groups in total. The average molecular weight is 950 g/mol. The van der Waals surface area contributed by atoms with E-state index in [1.807, 2.05) is 45.4 Å². The van der Waals surface area contributed by atoms with E-state index in [2.05, 4.69) is 71.0 Å².